The van der Waals surface area contributed by atoms with Crippen LogP contribution in [0.2, 0.25) is 0 Å². The number of hydrogen-bond donors (Lipinski definition) is 1. The molecule has 14 heavy (non-hydrogen) atoms. The van der Waals surface area contributed by atoms with Crippen LogP contribution in [-0.4, -0.2) is 23.4 Å². The molecule has 0 spiro atoms. The molecule has 82 valence electrons. The second kappa shape index (κ2) is 3.82. The minimum Gasteiger partial charge on any atom is -0.394 e. The van der Waals surface area contributed by atoms with Crippen LogP contribution in [0.3, 0.4) is 0 Å². The monoisotopic (exact) mass is 198 g/mol. The SMILES string of the molecule is CC(CO)OC1(C)CC2CCC1CC2. The van der Waals surface area contributed by atoms with Gasteiger partial charge in [-0.15, -0.1) is 0 Å². The van der Waals surface area contributed by atoms with E-state index in [2.05, 4.69) is 6.92 Å². The van der Waals surface area contributed by atoms with Crippen LogP contribution in [0.1, 0.15) is 46.0 Å². The Morgan fingerprint density at radius 2 is 2.00 bits per heavy atom. The van der Waals surface area contributed by atoms with Gasteiger partial charge in [0.1, 0.15) is 0 Å². The molecule has 0 radical (unpaired) electrons. The Balaban J connectivity index is 2.00. The lowest BCUT2D eigenvalue weighted by molar-refractivity contribution is -0.167. The van der Waals surface area contributed by atoms with E-state index in [0.29, 0.717) is 0 Å². The van der Waals surface area contributed by atoms with E-state index in [1.165, 1.54) is 32.1 Å². The average Bonchev–Trinajstić information content (AvgIpc) is 2.18. The molecular formula is C12H22O2. The topological polar surface area (TPSA) is 29.5 Å². The van der Waals surface area contributed by atoms with Crippen LogP contribution >= 0.6 is 0 Å². The highest BCUT2D eigenvalue weighted by Crippen LogP contribution is 2.49. The molecule has 3 rings (SSSR count). The molecular weight excluding hydrogens is 176 g/mol. The minimum absolute atomic E-state index is 0.000602. The number of ether oxygens (including phenoxy) is 1. The van der Waals surface area contributed by atoms with Gasteiger partial charge in [0.15, 0.2) is 0 Å². The maximum Gasteiger partial charge on any atom is 0.0785 e. The lowest BCUT2D eigenvalue weighted by Crippen LogP contribution is -2.49. The largest absolute Gasteiger partial charge is 0.394 e. The van der Waals surface area contributed by atoms with Crippen LogP contribution in [-0.2, 0) is 4.74 Å². The van der Waals surface area contributed by atoms with Crippen LogP contribution in [0.5, 0.6) is 0 Å². The van der Waals surface area contributed by atoms with Gasteiger partial charge in [-0.05, 0) is 57.8 Å². The van der Waals surface area contributed by atoms with Crippen molar-refractivity contribution in [1.29, 1.82) is 0 Å². The number of hydrogen-bond acceptors (Lipinski definition) is 2. The highest BCUT2D eigenvalue weighted by atomic mass is 16.5. The van der Waals surface area contributed by atoms with Crippen molar-refractivity contribution in [1.82, 2.24) is 0 Å². The summed E-state index contributed by atoms with van der Waals surface area (Å²) in [6, 6.07) is 0. The molecule has 0 aromatic heterocycles. The first-order chi connectivity index (χ1) is 6.64. The third kappa shape index (κ3) is 1.82. The number of fused-ring (bicyclic) bond motifs is 3. The Bertz CT molecular complexity index is 196. The molecule has 3 aliphatic carbocycles. The van der Waals surface area contributed by atoms with E-state index < -0.39 is 0 Å². The fourth-order valence-corrected chi connectivity index (χ4v) is 3.36. The first-order valence-corrected chi connectivity index (χ1v) is 5.93. The molecule has 0 saturated heterocycles. The van der Waals surface area contributed by atoms with Gasteiger partial charge in [0.05, 0.1) is 18.3 Å². The zero-order valence-electron chi connectivity index (χ0n) is 9.33. The van der Waals surface area contributed by atoms with E-state index in [4.69, 9.17) is 9.84 Å². The van der Waals surface area contributed by atoms with E-state index in [1.807, 2.05) is 6.92 Å². The van der Waals surface area contributed by atoms with Crippen molar-refractivity contribution in [3.63, 3.8) is 0 Å². The highest BCUT2D eigenvalue weighted by Gasteiger charge is 2.45. The second-order valence-corrected chi connectivity index (χ2v) is 5.35. The molecule has 2 heteroatoms. The van der Waals surface area contributed by atoms with Crippen molar-refractivity contribution in [2.45, 2.75) is 57.7 Å². The first-order valence-electron chi connectivity index (χ1n) is 5.93. The van der Waals surface area contributed by atoms with Gasteiger partial charge in [0, 0.05) is 0 Å². The van der Waals surface area contributed by atoms with Crippen LogP contribution in [0.25, 0.3) is 0 Å². The van der Waals surface area contributed by atoms with Gasteiger partial charge in [-0.2, -0.15) is 0 Å². The summed E-state index contributed by atoms with van der Waals surface area (Å²) < 4.78 is 6.01. The first kappa shape index (κ1) is 10.4. The summed E-state index contributed by atoms with van der Waals surface area (Å²) >= 11 is 0. The summed E-state index contributed by atoms with van der Waals surface area (Å²) in [5.41, 5.74) is 0.0588. The molecule has 3 aliphatic rings. The normalized spacial score (nSPS) is 43.9. The summed E-state index contributed by atoms with van der Waals surface area (Å²) in [6.07, 6.45) is 6.67. The fraction of sp³-hybridized carbons (Fsp3) is 1.00. The molecule has 3 fully saturated rings. The summed E-state index contributed by atoms with van der Waals surface area (Å²) in [5, 5.41) is 9.03. The van der Waals surface area contributed by atoms with Crippen molar-refractivity contribution in [3.05, 3.63) is 0 Å². The molecule has 2 atom stereocenters. The number of aliphatic hydroxyl groups is 1. The molecule has 0 aromatic carbocycles. The lowest BCUT2D eigenvalue weighted by atomic mass is 9.62. The van der Waals surface area contributed by atoms with Crippen molar-refractivity contribution < 1.29 is 9.84 Å². The third-order valence-electron chi connectivity index (χ3n) is 4.13. The summed E-state index contributed by atoms with van der Waals surface area (Å²) in [4.78, 5) is 0. The average molecular weight is 198 g/mol. The Kier molecular flexibility index (Phi) is 2.85. The molecule has 2 unspecified atom stereocenters. The molecule has 1 N–H and O–H groups in total. The minimum atomic E-state index is -0.000602. The van der Waals surface area contributed by atoms with Gasteiger partial charge in [0.25, 0.3) is 0 Å². The summed E-state index contributed by atoms with van der Waals surface area (Å²) in [7, 11) is 0. The van der Waals surface area contributed by atoms with E-state index >= 15 is 0 Å². The smallest absolute Gasteiger partial charge is 0.0785 e. The lowest BCUT2D eigenvalue weighted by Gasteiger charge is -2.50. The summed E-state index contributed by atoms with van der Waals surface area (Å²) in [5.74, 6) is 1.62. The van der Waals surface area contributed by atoms with Gasteiger partial charge in [-0.25, -0.2) is 0 Å². The van der Waals surface area contributed by atoms with Gasteiger partial charge >= 0.3 is 0 Å². The third-order valence-corrected chi connectivity index (χ3v) is 4.13. The Hall–Kier alpha value is -0.0800. The highest BCUT2D eigenvalue weighted by molar-refractivity contribution is 4.96. The van der Waals surface area contributed by atoms with Crippen LogP contribution in [0.15, 0.2) is 0 Å². The van der Waals surface area contributed by atoms with Crippen LogP contribution < -0.4 is 0 Å². The molecule has 0 aliphatic heterocycles. The Morgan fingerprint density at radius 3 is 2.43 bits per heavy atom. The Morgan fingerprint density at radius 1 is 1.36 bits per heavy atom. The summed E-state index contributed by atoms with van der Waals surface area (Å²) in [6.45, 7) is 4.36. The van der Waals surface area contributed by atoms with Crippen molar-refractivity contribution in [2.75, 3.05) is 6.61 Å². The molecule has 0 amide bonds. The van der Waals surface area contributed by atoms with Crippen LogP contribution in [0, 0.1) is 11.8 Å². The molecule has 0 aromatic rings. The van der Waals surface area contributed by atoms with E-state index in [9.17, 15) is 0 Å². The zero-order valence-corrected chi connectivity index (χ0v) is 9.33. The van der Waals surface area contributed by atoms with E-state index in [1.54, 1.807) is 0 Å². The van der Waals surface area contributed by atoms with E-state index in [0.717, 1.165) is 11.8 Å². The van der Waals surface area contributed by atoms with Crippen molar-refractivity contribution in [3.8, 4) is 0 Å². The zero-order chi connectivity index (χ0) is 10.2. The van der Waals surface area contributed by atoms with Gasteiger partial charge in [0.2, 0.25) is 0 Å². The molecule has 0 heterocycles. The predicted molar refractivity (Wildman–Crippen MR) is 56.1 cm³/mol. The standard InChI is InChI=1S/C12H22O2/c1-9(8-13)14-12(2)7-10-3-5-11(12)6-4-10/h9-11,13H,3-8H2,1-2H3. The van der Waals surface area contributed by atoms with Crippen LogP contribution in [0.4, 0.5) is 0 Å². The van der Waals surface area contributed by atoms with E-state index in [-0.39, 0.29) is 18.3 Å². The quantitative estimate of drug-likeness (QED) is 0.754. The molecule has 2 bridgehead atoms. The molecule has 3 saturated carbocycles. The maximum atomic E-state index is 9.03. The Labute approximate surface area is 86.6 Å². The molecule has 2 nitrogen and oxygen atoms in total. The number of rotatable bonds is 3. The van der Waals surface area contributed by atoms with Gasteiger partial charge < -0.3 is 9.84 Å². The van der Waals surface area contributed by atoms with Gasteiger partial charge in [-0.1, -0.05) is 0 Å². The fourth-order valence-electron chi connectivity index (χ4n) is 3.36. The maximum absolute atomic E-state index is 9.03. The number of aliphatic hydroxyl groups excluding tert-OH is 1. The van der Waals surface area contributed by atoms with Gasteiger partial charge in [-0.3, -0.25) is 0 Å². The second-order valence-electron chi connectivity index (χ2n) is 5.35. The predicted octanol–water partition coefficient (Wildman–Crippen LogP) is 2.35. The van der Waals surface area contributed by atoms with Crippen molar-refractivity contribution in [2.24, 2.45) is 11.8 Å². The van der Waals surface area contributed by atoms with Crippen molar-refractivity contribution >= 4 is 0 Å².